The molecule has 0 aromatic heterocycles. The first-order chi connectivity index (χ1) is 24.8. The van der Waals surface area contributed by atoms with E-state index in [0.717, 1.165) is 41.0 Å². The molecule has 4 aromatic rings. The summed E-state index contributed by atoms with van der Waals surface area (Å²) < 4.78 is 107. The van der Waals surface area contributed by atoms with Gasteiger partial charge in [0.15, 0.2) is 28.2 Å². The van der Waals surface area contributed by atoms with Gasteiger partial charge in [0.1, 0.15) is 17.1 Å². The molecule has 1 saturated carbocycles. The van der Waals surface area contributed by atoms with Gasteiger partial charge < -0.3 is 19.8 Å². The number of carboxylic acids is 1. The molecule has 1 amide bonds. The number of halogens is 6. The van der Waals surface area contributed by atoms with E-state index in [1.54, 1.807) is 6.07 Å². The summed E-state index contributed by atoms with van der Waals surface area (Å²) in [5, 5.41) is 20.3. The number of carbonyl (C=O) groups excluding carboxylic acids is 1. The van der Waals surface area contributed by atoms with Gasteiger partial charge in [-0.05, 0) is 71.2 Å². The van der Waals surface area contributed by atoms with Crippen molar-refractivity contribution in [3.8, 4) is 11.5 Å². The Morgan fingerprint density at radius 3 is 1.98 bits per heavy atom. The number of anilines is 1. The molecular formula is C37H34ClF5N2O7S. The molecule has 0 aliphatic heterocycles. The van der Waals surface area contributed by atoms with E-state index in [4.69, 9.17) is 16.3 Å². The van der Waals surface area contributed by atoms with Crippen LogP contribution in [0.25, 0.3) is 0 Å². The van der Waals surface area contributed by atoms with Crippen molar-refractivity contribution in [1.29, 1.82) is 0 Å². The predicted octanol–water partition coefficient (Wildman–Crippen LogP) is 8.05. The van der Waals surface area contributed by atoms with Crippen molar-refractivity contribution in [3.05, 3.63) is 117 Å². The lowest BCUT2D eigenvalue weighted by Gasteiger charge is -2.30. The summed E-state index contributed by atoms with van der Waals surface area (Å²) in [6.07, 6.45) is 1.76. The zero-order chi connectivity index (χ0) is 39.2. The van der Waals surface area contributed by atoms with E-state index in [1.807, 2.05) is 26.8 Å². The van der Waals surface area contributed by atoms with Crippen molar-refractivity contribution in [2.24, 2.45) is 0 Å². The number of sulfonamides is 1. The fourth-order valence-electron chi connectivity index (χ4n) is 5.77. The summed E-state index contributed by atoms with van der Waals surface area (Å²) >= 11 is 5.96. The molecule has 5 rings (SSSR count). The number of carboxylic acid groups (broad SMARTS) is 1. The number of aromatic carboxylic acids is 1. The normalized spacial score (nSPS) is 13.3. The van der Waals surface area contributed by atoms with Crippen LogP contribution >= 0.6 is 11.6 Å². The summed E-state index contributed by atoms with van der Waals surface area (Å²) in [4.78, 5) is 25.0. The SMILES string of the molecule is COc1c(CN(C(=O)CN(Cc2ccc(Cl)cc2)S(=O)(=O)c2c(F)c(F)c(F)c(F)c2F)c2ccc(C(=O)O)c(O)c2)cc(C(C)(C)C)cc1C1CC1. The van der Waals surface area contributed by atoms with Gasteiger partial charge in [0.05, 0.1) is 20.2 Å². The van der Waals surface area contributed by atoms with Gasteiger partial charge in [0.25, 0.3) is 0 Å². The zero-order valence-corrected chi connectivity index (χ0v) is 30.4. The Morgan fingerprint density at radius 1 is 0.887 bits per heavy atom. The predicted molar refractivity (Wildman–Crippen MR) is 185 cm³/mol. The molecule has 0 radical (unpaired) electrons. The van der Waals surface area contributed by atoms with Gasteiger partial charge in [-0.1, -0.05) is 50.6 Å². The number of hydrogen-bond acceptors (Lipinski definition) is 6. The highest BCUT2D eigenvalue weighted by atomic mass is 35.5. The molecule has 1 aliphatic rings. The van der Waals surface area contributed by atoms with E-state index in [0.29, 0.717) is 11.3 Å². The van der Waals surface area contributed by atoms with Crippen LogP contribution in [0, 0.1) is 29.1 Å². The number of hydrogen-bond donors (Lipinski definition) is 2. The van der Waals surface area contributed by atoms with Gasteiger partial charge in [0, 0.05) is 28.9 Å². The molecule has 0 bridgehead atoms. The highest BCUT2D eigenvalue weighted by Crippen LogP contribution is 2.47. The van der Waals surface area contributed by atoms with Crippen LogP contribution in [0.5, 0.6) is 11.5 Å². The highest BCUT2D eigenvalue weighted by molar-refractivity contribution is 7.89. The molecule has 0 unspecified atom stereocenters. The van der Waals surface area contributed by atoms with Crippen LogP contribution in [0.4, 0.5) is 27.6 Å². The first-order valence-electron chi connectivity index (χ1n) is 16.1. The number of rotatable bonds is 12. The molecule has 282 valence electrons. The second-order valence-electron chi connectivity index (χ2n) is 13.6. The van der Waals surface area contributed by atoms with Gasteiger partial charge in [-0.25, -0.2) is 35.2 Å². The number of phenols is 1. The molecule has 0 heterocycles. The number of amides is 1. The van der Waals surface area contributed by atoms with Crippen LogP contribution in [-0.4, -0.2) is 48.5 Å². The van der Waals surface area contributed by atoms with Crippen LogP contribution in [0.3, 0.4) is 0 Å². The molecule has 0 spiro atoms. The van der Waals surface area contributed by atoms with Crippen molar-refractivity contribution >= 4 is 39.2 Å². The molecule has 4 aromatic carbocycles. The number of methoxy groups -OCH3 is 1. The van der Waals surface area contributed by atoms with Crippen molar-refractivity contribution in [1.82, 2.24) is 4.31 Å². The van der Waals surface area contributed by atoms with E-state index in [-0.39, 0.29) is 33.0 Å². The van der Waals surface area contributed by atoms with Crippen LogP contribution < -0.4 is 9.64 Å². The third-order valence-corrected chi connectivity index (χ3v) is 10.9. The Labute approximate surface area is 307 Å². The molecule has 16 heteroatoms. The number of aromatic hydroxyl groups is 1. The van der Waals surface area contributed by atoms with Gasteiger partial charge >= 0.3 is 5.97 Å². The third-order valence-electron chi connectivity index (χ3n) is 8.79. The minimum Gasteiger partial charge on any atom is -0.507 e. The largest absolute Gasteiger partial charge is 0.507 e. The summed E-state index contributed by atoms with van der Waals surface area (Å²) in [5.74, 6) is -15.6. The molecular weight excluding hydrogens is 747 g/mol. The van der Waals surface area contributed by atoms with Crippen molar-refractivity contribution < 1.29 is 54.9 Å². The van der Waals surface area contributed by atoms with Crippen LogP contribution in [0.2, 0.25) is 5.02 Å². The van der Waals surface area contributed by atoms with Crippen molar-refractivity contribution in [2.75, 3.05) is 18.6 Å². The number of ether oxygens (including phenoxy) is 1. The lowest BCUT2D eigenvalue weighted by atomic mass is 9.84. The van der Waals surface area contributed by atoms with Crippen LogP contribution in [0.1, 0.15) is 72.1 Å². The molecule has 0 saturated heterocycles. The lowest BCUT2D eigenvalue weighted by Crippen LogP contribution is -2.43. The summed E-state index contributed by atoms with van der Waals surface area (Å²) in [6.45, 7) is 3.53. The second kappa shape index (κ2) is 15.0. The summed E-state index contributed by atoms with van der Waals surface area (Å²) in [6, 6.07) is 12.3. The standard InChI is InChI=1S/C37H34ClF5N2O7S/c1-37(2,3)22-13-21(34(52-4)26(14-22)20-7-8-20)17-45(24-11-12-25(36(48)49)27(46)15-24)28(47)18-44(16-19-5-9-23(38)10-6-19)53(50,51)35-32(42)30(40)29(39)31(41)33(35)43/h5-6,9-15,20,46H,7-8,16-18H2,1-4H3,(H,48,49). The summed E-state index contributed by atoms with van der Waals surface area (Å²) in [7, 11) is -4.25. The lowest BCUT2D eigenvalue weighted by molar-refractivity contribution is -0.119. The Kier molecular flexibility index (Phi) is 11.1. The maximum Gasteiger partial charge on any atom is 0.339 e. The van der Waals surface area contributed by atoms with Gasteiger partial charge in [0.2, 0.25) is 21.7 Å². The zero-order valence-electron chi connectivity index (χ0n) is 28.8. The maximum absolute atomic E-state index is 15.0. The molecule has 0 atom stereocenters. The van der Waals surface area contributed by atoms with E-state index >= 15 is 8.78 Å². The van der Waals surface area contributed by atoms with E-state index < -0.39 is 85.7 Å². The number of carbonyl (C=O) groups is 2. The second-order valence-corrected chi connectivity index (χ2v) is 15.9. The first kappa shape index (κ1) is 39.5. The van der Waals surface area contributed by atoms with E-state index in [2.05, 4.69) is 0 Å². The number of benzene rings is 4. The topological polar surface area (TPSA) is 124 Å². The maximum atomic E-state index is 15.0. The molecule has 1 fully saturated rings. The highest BCUT2D eigenvalue weighted by Gasteiger charge is 2.39. The third kappa shape index (κ3) is 8.11. The Balaban J connectivity index is 1.68. The quantitative estimate of drug-likeness (QED) is 0.0848. The minimum atomic E-state index is -5.69. The monoisotopic (exact) mass is 780 g/mol. The first-order valence-corrected chi connectivity index (χ1v) is 17.9. The van der Waals surface area contributed by atoms with Gasteiger partial charge in [-0.2, -0.15) is 4.31 Å². The van der Waals surface area contributed by atoms with Gasteiger partial charge in [-0.15, -0.1) is 0 Å². The smallest absolute Gasteiger partial charge is 0.339 e. The summed E-state index contributed by atoms with van der Waals surface area (Å²) in [5.41, 5.74) is 1.28. The molecule has 53 heavy (non-hydrogen) atoms. The Bertz CT molecular complexity index is 2180. The van der Waals surface area contributed by atoms with Gasteiger partial charge in [-0.3, -0.25) is 4.79 Å². The average molecular weight is 781 g/mol. The van der Waals surface area contributed by atoms with Crippen molar-refractivity contribution in [3.63, 3.8) is 0 Å². The average Bonchev–Trinajstić information content (AvgIpc) is 3.94. The Morgan fingerprint density at radius 2 is 1.47 bits per heavy atom. The fraction of sp³-hybridized carbons (Fsp3) is 0.297. The van der Waals surface area contributed by atoms with Crippen LogP contribution in [0.15, 0.2) is 59.5 Å². The van der Waals surface area contributed by atoms with E-state index in [9.17, 15) is 41.4 Å². The fourth-order valence-corrected chi connectivity index (χ4v) is 7.38. The van der Waals surface area contributed by atoms with E-state index in [1.165, 1.54) is 37.4 Å². The minimum absolute atomic E-state index is 0.117. The molecule has 1 aliphatic carbocycles. The van der Waals surface area contributed by atoms with Crippen LogP contribution in [-0.2, 0) is 33.3 Å². The molecule has 9 nitrogen and oxygen atoms in total. The Hall–Kier alpha value is -4.73. The molecule has 2 N–H and O–H groups in total. The number of nitrogens with zero attached hydrogens (tertiary/aromatic N) is 2. The van der Waals surface area contributed by atoms with Crippen molar-refractivity contribution in [2.45, 2.75) is 62.9 Å².